The normalized spacial score (nSPS) is 26.7. The van der Waals surface area contributed by atoms with Crippen molar-refractivity contribution in [1.82, 2.24) is 9.55 Å². The van der Waals surface area contributed by atoms with Gasteiger partial charge < -0.3 is 9.84 Å². The zero-order valence-electron chi connectivity index (χ0n) is 16.7. The average Bonchev–Trinajstić information content (AvgIpc) is 3.45. The summed E-state index contributed by atoms with van der Waals surface area (Å²) in [4.78, 5) is 28.3. The Labute approximate surface area is 178 Å². The zero-order valence-corrected chi connectivity index (χ0v) is 17.5. The van der Waals surface area contributed by atoms with Gasteiger partial charge in [-0.3, -0.25) is 14.3 Å². The fourth-order valence-corrected chi connectivity index (χ4v) is 6.09. The number of aliphatic hydroxyl groups excluding tert-OH is 1. The molecule has 31 heavy (non-hydrogen) atoms. The minimum absolute atomic E-state index is 0.0492. The van der Waals surface area contributed by atoms with Gasteiger partial charge in [-0.2, -0.15) is 0 Å². The molecule has 5 rings (SSSR count). The van der Waals surface area contributed by atoms with Gasteiger partial charge in [0.25, 0.3) is 11.5 Å². The maximum absolute atomic E-state index is 15.4. The molecule has 3 aliphatic carbocycles. The number of aliphatic hydroxyl groups is 1. The summed E-state index contributed by atoms with van der Waals surface area (Å²) in [5, 5.41) is 9.88. The third kappa shape index (κ3) is 3.10. The molecule has 2 aromatic rings. The van der Waals surface area contributed by atoms with E-state index < -0.39 is 41.8 Å². The van der Waals surface area contributed by atoms with E-state index in [-0.39, 0.29) is 35.2 Å². The van der Waals surface area contributed by atoms with Crippen molar-refractivity contribution < 1.29 is 23.0 Å². The summed E-state index contributed by atoms with van der Waals surface area (Å²) in [7, 11) is 1.35. The van der Waals surface area contributed by atoms with Crippen LogP contribution in [0.3, 0.4) is 0 Å². The molecule has 0 spiro atoms. The van der Waals surface area contributed by atoms with Crippen LogP contribution in [0.2, 0.25) is 0 Å². The van der Waals surface area contributed by atoms with Crippen LogP contribution in [0.4, 0.5) is 13.2 Å². The summed E-state index contributed by atoms with van der Waals surface area (Å²) in [6.07, 6.45) is 0.834. The van der Waals surface area contributed by atoms with E-state index in [1.54, 1.807) is 0 Å². The number of aromatic amines is 1. The zero-order chi connectivity index (χ0) is 22.1. The Kier molecular flexibility index (Phi) is 4.71. The van der Waals surface area contributed by atoms with Gasteiger partial charge in [-0.15, -0.1) is 11.3 Å². The summed E-state index contributed by atoms with van der Waals surface area (Å²) in [5.41, 5.74) is -0.925. The van der Waals surface area contributed by atoms with Crippen molar-refractivity contribution in [3.8, 4) is 0 Å². The minimum Gasteiger partial charge on any atom is -0.498 e. The predicted molar refractivity (Wildman–Crippen MR) is 109 cm³/mol. The highest BCUT2D eigenvalue weighted by molar-refractivity contribution is 7.12. The first-order valence-electron chi connectivity index (χ1n) is 10.2. The number of thiophene rings is 1. The standard InChI is InChI=1S/C21H21F3N2O4S/c1-30-18-16(15-7-10-12(8-27)21(23,24)5-4-14(10)31-15)13(22)6-11-17(18)26(9-2-3-9)20(29)25-19(11)28/h6-7,9,12-13,16,27H,2-5,8H2,1H3,(H,25,28,29). The van der Waals surface area contributed by atoms with E-state index in [4.69, 9.17) is 4.74 Å². The third-order valence-corrected chi connectivity index (χ3v) is 7.69. The molecule has 3 atom stereocenters. The summed E-state index contributed by atoms with van der Waals surface area (Å²) < 4.78 is 51.0. The van der Waals surface area contributed by atoms with Gasteiger partial charge in [-0.1, -0.05) is 0 Å². The molecular formula is C21H21F3N2O4S. The molecule has 6 nitrogen and oxygen atoms in total. The first-order chi connectivity index (χ1) is 14.8. The number of nitrogens with one attached hydrogen (secondary N) is 1. The molecule has 3 unspecified atom stereocenters. The second kappa shape index (κ2) is 7.09. The van der Waals surface area contributed by atoms with Crippen LogP contribution in [-0.2, 0) is 11.2 Å². The fourth-order valence-electron chi connectivity index (χ4n) is 4.73. The Morgan fingerprint density at radius 2 is 2.10 bits per heavy atom. The molecule has 1 fully saturated rings. The van der Waals surface area contributed by atoms with Crippen molar-refractivity contribution in [3.63, 3.8) is 0 Å². The number of H-pyrrole nitrogens is 1. The SMILES string of the molecule is COC1=c2c(c(=O)[nH]c(=O)n2C2CC2)=CC(F)C1c1cc2c(s1)CCC(F)(F)C2CO. The van der Waals surface area contributed by atoms with Crippen molar-refractivity contribution in [2.24, 2.45) is 0 Å². The summed E-state index contributed by atoms with van der Waals surface area (Å²) >= 11 is 1.22. The number of hydrogen-bond donors (Lipinski definition) is 2. The highest BCUT2D eigenvalue weighted by atomic mass is 32.1. The lowest BCUT2D eigenvalue weighted by Gasteiger charge is -2.30. The number of aromatic nitrogens is 2. The number of alkyl halides is 3. The monoisotopic (exact) mass is 454 g/mol. The van der Waals surface area contributed by atoms with Gasteiger partial charge in [-0.25, -0.2) is 18.0 Å². The van der Waals surface area contributed by atoms with Gasteiger partial charge in [0.1, 0.15) is 11.9 Å². The summed E-state index contributed by atoms with van der Waals surface area (Å²) in [6.45, 7) is -0.702. The molecular weight excluding hydrogens is 433 g/mol. The molecule has 0 aliphatic heterocycles. The topological polar surface area (TPSA) is 84.3 Å². The van der Waals surface area contributed by atoms with Crippen LogP contribution in [0.1, 0.15) is 52.5 Å². The van der Waals surface area contributed by atoms with Crippen LogP contribution in [0.5, 0.6) is 0 Å². The Hall–Kier alpha value is -2.33. The highest BCUT2D eigenvalue weighted by Crippen LogP contribution is 2.48. The molecule has 0 saturated heterocycles. The smallest absolute Gasteiger partial charge is 0.329 e. The number of halogens is 3. The van der Waals surface area contributed by atoms with E-state index in [0.717, 1.165) is 12.8 Å². The molecule has 166 valence electrons. The number of methoxy groups -OCH3 is 1. The quantitative estimate of drug-likeness (QED) is 0.729. The van der Waals surface area contributed by atoms with Crippen LogP contribution >= 0.6 is 11.3 Å². The second-order valence-electron chi connectivity index (χ2n) is 8.30. The Morgan fingerprint density at radius 3 is 2.74 bits per heavy atom. The van der Waals surface area contributed by atoms with Crippen LogP contribution < -0.4 is 21.8 Å². The molecule has 0 radical (unpaired) electrons. The molecule has 10 heteroatoms. The van der Waals surface area contributed by atoms with Crippen LogP contribution in [0, 0.1) is 0 Å². The van der Waals surface area contributed by atoms with Crippen molar-refractivity contribution in [1.29, 1.82) is 0 Å². The third-order valence-electron chi connectivity index (χ3n) is 6.39. The molecule has 2 aromatic heterocycles. The molecule has 1 saturated carbocycles. The van der Waals surface area contributed by atoms with E-state index in [0.29, 0.717) is 15.3 Å². The molecule has 0 bridgehead atoms. The average molecular weight is 454 g/mol. The van der Waals surface area contributed by atoms with Crippen LogP contribution in [-0.4, -0.2) is 40.5 Å². The van der Waals surface area contributed by atoms with E-state index in [1.807, 2.05) is 0 Å². The Morgan fingerprint density at radius 1 is 1.35 bits per heavy atom. The number of fused-ring (bicyclic) bond motifs is 2. The Bertz CT molecular complexity index is 1290. The van der Waals surface area contributed by atoms with Crippen LogP contribution in [0.25, 0.3) is 11.8 Å². The van der Waals surface area contributed by atoms with E-state index >= 15 is 4.39 Å². The van der Waals surface area contributed by atoms with E-state index in [9.17, 15) is 23.5 Å². The van der Waals surface area contributed by atoms with Gasteiger partial charge >= 0.3 is 5.69 Å². The second-order valence-corrected chi connectivity index (χ2v) is 9.47. The molecule has 2 N–H and O–H groups in total. The molecule has 3 aliphatic rings. The van der Waals surface area contributed by atoms with E-state index in [1.165, 1.54) is 35.2 Å². The predicted octanol–water partition coefficient (Wildman–Crippen LogP) is 1.26. The summed E-state index contributed by atoms with van der Waals surface area (Å²) in [6, 6.07) is 1.43. The molecule has 2 heterocycles. The van der Waals surface area contributed by atoms with Gasteiger partial charge in [0, 0.05) is 22.2 Å². The lowest BCUT2D eigenvalue weighted by atomic mass is 9.83. The summed E-state index contributed by atoms with van der Waals surface area (Å²) in [5.74, 6) is -5.19. The van der Waals surface area contributed by atoms with Crippen molar-refractivity contribution in [2.45, 2.75) is 55.7 Å². The number of rotatable bonds is 4. The number of nitrogens with zero attached hydrogens (tertiary/aromatic N) is 1. The van der Waals surface area contributed by atoms with Crippen molar-refractivity contribution >= 4 is 23.2 Å². The lowest BCUT2D eigenvalue weighted by Crippen LogP contribution is -2.57. The lowest BCUT2D eigenvalue weighted by molar-refractivity contribution is -0.0555. The van der Waals surface area contributed by atoms with Gasteiger partial charge in [0.05, 0.1) is 36.1 Å². The molecule has 0 aromatic carbocycles. The van der Waals surface area contributed by atoms with Crippen molar-refractivity contribution in [2.75, 3.05) is 13.7 Å². The maximum Gasteiger partial charge on any atom is 0.329 e. The van der Waals surface area contributed by atoms with Gasteiger partial charge in [-0.05, 0) is 37.0 Å². The van der Waals surface area contributed by atoms with Crippen molar-refractivity contribution in [3.05, 3.63) is 52.8 Å². The number of aryl methyl sites for hydroxylation is 1. The molecule has 0 amide bonds. The first-order valence-corrected chi connectivity index (χ1v) is 11.0. The highest BCUT2D eigenvalue weighted by Gasteiger charge is 2.46. The van der Waals surface area contributed by atoms with Crippen LogP contribution in [0.15, 0.2) is 15.7 Å². The minimum atomic E-state index is -3.03. The number of ether oxygens (including phenoxy) is 1. The van der Waals surface area contributed by atoms with E-state index in [2.05, 4.69) is 4.98 Å². The fraction of sp³-hybridized carbons (Fsp3) is 0.524. The Balaban J connectivity index is 1.74. The largest absolute Gasteiger partial charge is 0.498 e. The maximum atomic E-state index is 15.4. The first kappa shape index (κ1) is 20.6. The van der Waals surface area contributed by atoms with Gasteiger partial charge in [0.2, 0.25) is 0 Å². The number of hydrogen-bond acceptors (Lipinski definition) is 5. The van der Waals surface area contributed by atoms with Gasteiger partial charge in [0.15, 0.2) is 0 Å².